The number of rotatable bonds is 3. The number of phenolic OH excluding ortho intramolecular Hbond substituents is 3. The molecule has 1 aromatic carbocycles. The molecule has 5 rings (SSSR count). The van der Waals surface area contributed by atoms with Gasteiger partial charge in [0.25, 0.3) is 0 Å². The third kappa shape index (κ3) is 3.13. The summed E-state index contributed by atoms with van der Waals surface area (Å²) in [4.78, 5) is 0. The fourth-order valence-electron chi connectivity index (χ4n) is 5.38. The highest BCUT2D eigenvalue weighted by atomic mass is 32.1. The van der Waals surface area contributed by atoms with Crippen molar-refractivity contribution in [2.75, 3.05) is 0 Å². The van der Waals surface area contributed by atoms with Crippen LogP contribution in [0.4, 0.5) is 0 Å². The largest absolute Gasteiger partial charge is 0.504 e. The molecule has 4 aliphatic carbocycles. The summed E-state index contributed by atoms with van der Waals surface area (Å²) in [5.74, 6) is 1.16. The third-order valence-corrected chi connectivity index (χ3v) is 6.14. The van der Waals surface area contributed by atoms with Crippen LogP contribution in [0.2, 0.25) is 0 Å². The van der Waals surface area contributed by atoms with Crippen LogP contribution in [0.15, 0.2) is 17.2 Å². The summed E-state index contributed by atoms with van der Waals surface area (Å²) in [6.45, 7) is 0. The van der Waals surface area contributed by atoms with Crippen molar-refractivity contribution in [1.29, 1.82) is 0 Å². The van der Waals surface area contributed by atoms with Gasteiger partial charge in [-0.05, 0) is 80.6 Å². The maximum Gasteiger partial charge on any atom is 0.200 e. The lowest BCUT2D eigenvalue weighted by Gasteiger charge is -2.57. The van der Waals surface area contributed by atoms with E-state index in [4.69, 9.17) is 12.2 Å². The Hall–Kier alpha value is -2.02. The molecule has 0 unspecified atom stereocenters. The minimum absolute atomic E-state index is 0.118. The van der Waals surface area contributed by atoms with Crippen LogP contribution < -0.4 is 10.7 Å². The van der Waals surface area contributed by atoms with E-state index in [1.165, 1.54) is 56.9 Å². The molecule has 134 valence electrons. The third-order valence-electron chi connectivity index (χ3n) is 5.95. The Morgan fingerprint density at radius 3 is 2.24 bits per heavy atom. The van der Waals surface area contributed by atoms with Crippen LogP contribution in [0.1, 0.15) is 44.1 Å². The van der Waals surface area contributed by atoms with Gasteiger partial charge in [0.1, 0.15) is 0 Å². The van der Waals surface area contributed by atoms with Crippen LogP contribution in [0.3, 0.4) is 0 Å². The maximum absolute atomic E-state index is 9.78. The quantitative estimate of drug-likeness (QED) is 0.246. The Morgan fingerprint density at radius 2 is 1.64 bits per heavy atom. The van der Waals surface area contributed by atoms with Crippen molar-refractivity contribution in [1.82, 2.24) is 10.7 Å². The fourth-order valence-corrected chi connectivity index (χ4v) is 5.65. The molecule has 0 saturated heterocycles. The highest BCUT2D eigenvalue weighted by Crippen LogP contribution is 2.55. The second kappa shape index (κ2) is 6.05. The van der Waals surface area contributed by atoms with Crippen molar-refractivity contribution in [2.45, 2.75) is 44.1 Å². The Bertz CT molecular complexity index is 699. The lowest BCUT2D eigenvalue weighted by Crippen LogP contribution is -2.61. The van der Waals surface area contributed by atoms with Crippen LogP contribution in [-0.4, -0.2) is 32.2 Å². The molecule has 0 radical (unpaired) electrons. The summed E-state index contributed by atoms with van der Waals surface area (Å²) < 4.78 is 0. The summed E-state index contributed by atoms with van der Waals surface area (Å²) in [6.07, 6.45) is 9.07. The van der Waals surface area contributed by atoms with Crippen molar-refractivity contribution in [3.05, 3.63) is 17.7 Å². The minimum atomic E-state index is -0.557. The number of benzene rings is 1. The molecule has 0 heterocycles. The summed E-state index contributed by atoms with van der Waals surface area (Å²) in [7, 11) is 0. The lowest BCUT2D eigenvalue weighted by molar-refractivity contribution is -0.0101. The van der Waals surface area contributed by atoms with Crippen molar-refractivity contribution in [2.24, 2.45) is 22.9 Å². The summed E-state index contributed by atoms with van der Waals surface area (Å²) >= 11 is 5.40. The van der Waals surface area contributed by atoms with Gasteiger partial charge >= 0.3 is 0 Å². The molecule has 4 aliphatic rings. The monoisotopic (exact) mass is 361 g/mol. The van der Waals surface area contributed by atoms with Crippen LogP contribution in [-0.2, 0) is 0 Å². The van der Waals surface area contributed by atoms with Gasteiger partial charge in [-0.1, -0.05) is 0 Å². The van der Waals surface area contributed by atoms with Gasteiger partial charge in [-0.15, -0.1) is 0 Å². The molecule has 0 aliphatic heterocycles. The molecule has 0 spiro atoms. The SMILES string of the molecule is Oc1ccc(/C=N/NC(=S)NC23CC4CC(CC(C4)C2)C3)c(O)c1O. The van der Waals surface area contributed by atoms with E-state index in [0.717, 1.165) is 17.8 Å². The van der Waals surface area contributed by atoms with Crippen molar-refractivity contribution >= 4 is 23.5 Å². The Labute approximate surface area is 151 Å². The van der Waals surface area contributed by atoms with Gasteiger partial charge in [0.05, 0.1) is 6.21 Å². The molecule has 4 fully saturated rings. The molecule has 5 N–H and O–H groups in total. The fraction of sp³-hybridized carbons (Fsp3) is 0.556. The summed E-state index contributed by atoms with van der Waals surface area (Å²) in [6, 6.07) is 2.76. The predicted molar refractivity (Wildman–Crippen MR) is 98.8 cm³/mol. The number of nitrogens with one attached hydrogen (secondary N) is 2. The van der Waals surface area contributed by atoms with E-state index in [-0.39, 0.29) is 11.3 Å². The van der Waals surface area contributed by atoms with Gasteiger partial charge in [0.15, 0.2) is 16.6 Å². The van der Waals surface area contributed by atoms with Gasteiger partial charge in [0.2, 0.25) is 5.75 Å². The maximum atomic E-state index is 9.78. The highest BCUT2D eigenvalue weighted by molar-refractivity contribution is 7.80. The van der Waals surface area contributed by atoms with E-state index in [1.54, 1.807) is 0 Å². The van der Waals surface area contributed by atoms with E-state index >= 15 is 0 Å². The minimum Gasteiger partial charge on any atom is -0.504 e. The average molecular weight is 361 g/mol. The predicted octanol–water partition coefficient (Wildman–Crippen LogP) is 2.57. The van der Waals surface area contributed by atoms with Crippen LogP contribution >= 0.6 is 12.2 Å². The van der Waals surface area contributed by atoms with E-state index in [1.807, 2.05) is 0 Å². The zero-order chi connectivity index (χ0) is 17.6. The molecular weight excluding hydrogens is 338 g/mol. The summed E-state index contributed by atoms with van der Waals surface area (Å²) in [5, 5.41) is 36.6. The Balaban J connectivity index is 1.38. The first kappa shape index (κ1) is 16.4. The summed E-state index contributed by atoms with van der Waals surface area (Å²) in [5.41, 5.74) is 3.21. The molecule has 1 aromatic rings. The van der Waals surface area contributed by atoms with Gasteiger partial charge in [0, 0.05) is 11.1 Å². The molecule has 6 nitrogen and oxygen atoms in total. The first-order valence-corrected chi connectivity index (χ1v) is 9.20. The van der Waals surface area contributed by atoms with Gasteiger partial charge < -0.3 is 20.6 Å². The molecule has 7 heteroatoms. The average Bonchev–Trinajstić information content (AvgIpc) is 2.53. The van der Waals surface area contributed by atoms with Crippen molar-refractivity contribution in [3.63, 3.8) is 0 Å². The van der Waals surface area contributed by atoms with Gasteiger partial charge in [-0.3, -0.25) is 5.43 Å². The Kier molecular flexibility index (Phi) is 3.98. The van der Waals surface area contributed by atoms with Gasteiger partial charge in [-0.25, -0.2) is 0 Å². The van der Waals surface area contributed by atoms with Crippen molar-refractivity contribution < 1.29 is 15.3 Å². The molecule has 4 saturated carbocycles. The smallest absolute Gasteiger partial charge is 0.200 e. The molecule has 4 bridgehead atoms. The molecular formula is C18H23N3O3S. The van der Waals surface area contributed by atoms with Crippen molar-refractivity contribution in [3.8, 4) is 17.2 Å². The number of hydrazone groups is 1. The number of hydrogen-bond acceptors (Lipinski definition) is 5. The number of hydrogen-bond donors (Lipinski definition) is 5. The van der Waals surface area contributed by atoms with E-state index in [2.05, 4.69) is 15.8 Å². The van der Waals surface area contributed by atoms with E-state index < -0.39 is 11.5 Å². The topological polar surface area (TPSA) is 97.1 Å². The Morgan fingerprint density at radius 1 is 1.04 bits per heavy atom. The standard InChI is InChI=1S/C18H23N3O3S/c22-14-2-1-13(15(23)16(14)24)9-19-21-17(25)20-18-6-10-3-11(7-18)5-12(4-10)8-18/h1-2,9-12,22-24H,3-8H2,(H2,20,21,25)/b19-9+. The van der Waals surface area contributed by atoms with Gasteiger partial charge in [-0.2, -0.15) is 5.10 Å². The van der Waals surface area contributed by atoms with Crippen LogP contribution in [0.5, 0.6) is 17.2 Å². The first-order chi connectivity index (χ1) is 11.9. The highest BCUT2D eigenvalue weighted by Gasteiger charge is 2.51. The van der Waals surface area contributed by atoms with E-state index in [0.29, 0.717) is 10.7 Å². The molecule has 25 heavy (non-hydrogen) atoms. The second-order valence-corrected chi connectivity index (χ2v) is 8.30. The molecule has 0 aromatic heterocycles. The number of phenols is 3. The van der Waals surface area contributed by atoms with Crippen LogP contribution in [0, 0.1) is 17.8 Å². The number of nitrogens with zero attached hydrogens (tertiary/aromatic N) is 1. The normalized spacial score (nSPS) is 32.9. The molecule has 0 atom stereocenters. The number of thiocarbonyl (C=S) groups is 1. The number of aromatic hydroxyl groups is 3. The van der Waals surface area contributed by atoms with E-state index in [9.17, 15) is 15.3 Å². The zero-order valence-corrected chi connectivity index (χ0v) is 14.7. The lowest BCUT2D eigenvalue weighted by atomic mass is 9.53. The second-order valence-electron chi connectivity index (χ2n) is 7.89. The molecule has 0 amide bonds. The van der Waals surface area contributed by atoms with Crippen LogP contribution in [0.25, 0.3) is 0 Å². The zero-order valence-electron chi connectivity index (χ0n) is 13.9. The first-order valence-electron chi connectivity index (χ1n) is 8.79.